The molecule has 0 aliphatic carbocycles. The maximum atomic E-state index is 12.8. The molecule has 0 heterocycles. The molecule has 0 saturated carbocycles. The summed E-state index contributed by atoms with van der Waals surface area (Å²) in [7, 11) is 0. The van der Waals surface area contributed by atoms with Gasteiger partial charge in [0.1, 0.15) is 13.2 Å². The van der Waals surface area contributed by atoms with Gasteiger partial charge in [-0.15, -0.1) is 0 Å². The lowest BCUT2D eigenvalue weighted by Crippen LogP contribution is -2.30. The van der Waals surface area contributed by atoms with Crippen LogP contribution in [0.3, 0.4) is 0 Å². The molecule has 0 amide bonds. The number of hydrogen-bond donors (Lipinski definition) is 0. The number of carbonyl (C=O) groups excluding carboxylic acids is 3. The Balaban J connectivity index is 4.22. The first-order chi connectivity index (χ1) is 37.0. The van der Waals surface area contributed by atoms with Crippen molar-refractivity contribution < 1.29 is 28.6 Å². The number of ether oxygens (including phenoxy) is 3. The molecule has 6 heteroatoms. The average Bonchev–Trinajstić information content (AvgIpc) is 3.41. The second-order valence-corrected chi connectivity index (χ2v) is 20.6. The summed E-state index contributed by atoms with van der Waals surface area (Å²) in [5.41, 5.74) is 0. The van der Waals surface area contributed by atoms with Crippen LogP contribution in [0.2, 0.25) is 0 Å². The van der Waals surface area contributed by atoms with Crippen LogP contribution in [0.1, 0.15) is 290 Å². The molecular formula is C69H116O6. The Morgan fingerprint density at radius 3 is 0.813 bits per heavy atom. The fourth-order valence-corrected chi connectivity index (χ4v) is 8.61. The lowest BCUT2D eigenvalue weighted by atomic mass is 10.0. The topological polar surface area (TPSA) is 78.9 Å². The molecule has 0 aliphatic heterocycles. The van der Waals surface area contributed by atoms with Crippen LogP contribution in [0.15, 0.2) is 109 Å². The van der Waals surface area contributed by atoms with Gasteiger partial charge >= 0.3 is 17.9 Å². The molecule has 0 aromatic rings. The van der Waals surface area contributed by atoms with Crippen molar-refractivity contribution in [2.24, 2.45) is 0 Å². The third-order valence-electron chi connectivity index (χ3n) is 13.3. The van der Waals surface area contributed by atoms with E-state index in [1.807, 2.05) is 0 Å². The Morgan fingerprint density at radius 2 is 0.520 bits per heavy atom. The molecule has 0 aliphatic rings. The summed E-state index contributed by atoms with van der Waals surface area (Å²) >= 11 is 0. The Morgan fingerprint density at radius 1 is 0.280 bits per heavy atom. The van der Waals surface area contributed by atoms with E-state index >= 15 is 0 Å². The fraction of sp³-hybridized carbons (Fsp3) is 0.696. The fourth-order valence-electron chi connectivity index (χ4n) is 8.61. The van der Waals surface area contributed by atoms with E-state index in [1.54, 1.807) is 0 Å². The molecule has 0 saturated heterocycles. The second kappa shape index (κ2) is 62.6. The Labute approximate surface area is 463 Å². The Hall–Kier alpha value is -3.93. The smallest absolute Gasteiger partial charge is 0.306 e. The number of unbranched alkanes of at least 4 members (excludes halogenated alkanes) is 27. The minimum atomic E-state index is -0.783. The van der Waals surface area contributed by atoms with Crippen molar-refractivity contribution in [2.75, 3.05) is 13.2 Å². The van der Waals surface area contributed by atoms with Crippen LogP contribution in [0, 0.1) is 0 Å². The molecule has 6 nitrogen and oxygen atoms in total. The summed E-state index contributed by atoms with van der Waals surface area (Å²) in [6, 6.07) is 0. The van der Waals surface area contributed by atoms with Gasteiger partial charge in [0, 0.05) is 19.3 Å². The number of carbonyl (C=O) groups is 3. The molecule has 1 unspecified atom stereocenters. The summed E-state index contributed by atoms with van der Waals surface area (Å²) in [5, 5.41) is 0. The SMILES string of the molecule is CC/C=C\C/C=C\C/C=C\C/C=C\C/C=C\C/C=C\C/C=C\C/C=C\C/C=C\CCCCCCCC(=O)OCC(COC(=O)CCCCCCCCCCC)OC(=O)CCCCCCCCCCCCCCCCC. The van der Waals surface area contributed by atoms with Crippen molar-refractivity contribution in [3.8, 4) is 0 Å². The third kappa shape index (κ3) is 60.8. The van der Waals surface area contributed by atoms with E-state index < -0.39 is 6.10 Å². The van der Waals surface area contributed by atoms with Gasteiger partial charge in [0.25, 0.3) is 0 Å². The molecule has 0 aromatic carbocycles. The maximum absolute atomic E-state index is 12.8. The van der Waals surface area contributed by atoms with Crippen LogP contribution >= 0.6 is 0 Å². The highest BCUT2D eigenvalue weighted by Crippen LogP contribution is 2.16. The molecule has 428 valence electrons. The Kier molecular flexibility index (Phi) is 59.3. The third-order valence-corrected chi connectivity index (χ3v) is 13.3. The number of rotatable bonds is 56. The molecule has 0 bridgehead atoms. The zero-order valence-corrected chi connectivity index (χ0v) is 49.0. The van der Waals surface area contributed by atoms with Gasteiger partial charge in [-0.25, -0.2) is 0 Å². The van der Waals surface area contributed by atoms with Crippen LogP contribution < -0.4 is 0 Å². The minimum absolute atomic E-state index is 0.0808. The van der Waals surface area contributed by atoms with Gasteiger partial charge in [-0.2, -0.15) is 0 Å². The van der Waals surface area contributed by atoms with Crippen LogP contribution in [-0.2, 0) is 28.6 Å². The molecular weight excluding hydrogens is 925 g/mol. The molecule has 0 radical (unpaired) electrons. The highest BCUT2D eigenvalue weighted by molar-refractivity contribution is 5.71. The van der Waals surface area contributed by atoms with E-state index in [0.717, 1.165) is 135 Å². The van der Waals surface area contributed by atoms with Crippen molar-refractivity contribution in [2.45, 2.75) is 297 Å². The highest BCUT2D eigenvalue weighted by atomic mass is 16.6. The second-order valence-electron chi connectivity index (χ2n) is 20.6. The van der Waals surface area contributed by atoms with Crippen LogP contribution in [-0.4, -0.2) is 37.2 Å². The monoisotopic (exact) mass is 1040 g/mol. The molecule has 0 spiro atoms. The summed E-state index contributed by atoms with van der Waals surface area (Å²) in [6.07, 6.45) is 85.3. The van der Waals surface area contributed by atoms with Crippen LogP contribution in [0.4, 0.5) is 0 Å². The summed E-state index contributed by atoms with van der Waals surface area (Å²) < 4.78 is 16.8. The van der Waals surface area contributed by atoms with Gasteiger partial charge in [-0.05, 0) is 89.9 Å². The zero-order chi connectivity index (χ0) is 54.3. The first-order valence-electron chi connectivity index (χ1n) is 31.4. The van der Waals surface area contributed by atoms with Crippen molar-refractivity contribution in [1.82, 2.24) is 0 Å². The summed E-state index contributed by atoms with van der Waals surface area (Å²) in [6.45, 7) is 6.51. The van der Waals surface area contributed by atoms with Gasteiger partial charge in [0.2, 0.25) is 0 Å². The van der Waals surface area contributed by atoms with Crippen molar-refractivity contribution in [1.29, 1.82) is 0 Å². The van der Waals surface area contributed by atoms with Gasteiger partial charge in [-0.3, -0.25) is 14.4 Å². The largest absolute Gasteiger partial charge is 0.462 e. The minimum Gasteiger partial charge on any atom is -0.462 e. The Bertz CT molecular complexity index is 1520. The quantitative estimate of drug-likeness (QED) is 0.0261. The highest BCUT2D eigenvalue weighted by Gasteiger charge is 2.19. The van der Waals surface area contributed by atoms with E-state index in [-0.39, 0.29) is 31.1 Å². The van der Waals surface area contributed by atoms with Gasteiger partial charge in [-0.1, -0.05) is 291 Å². The van der Waals surface area contributed by atoms with E-state index in [9.17, 15) is 14.4 Å². The van der Waals surface area contributed by atoms with Gasteiger partial charge < -0.3 is 14.2 Å². The normalized spacial score (nSPS) is 12.8. The average molecular weight is 1040 g/mol. The molecule has 0 aromatic heterocycles. The van der Waals surface area contributed by atoms with E-state index in [0.29, 0.717) is 19.3 Å². The van der Waals surface area contributed by atoms with Crippen LogP contribution in [0.25, 0.3) is 0 Å². The van der Waals surface area contributed by atoms with Crippen molar-refractivity contribution in [3.63, 3.8) is 0 Å². The van der Waals surface area contributed by atoms with Crippen molar-refractivity contribution in [3.05, 3.63) is 109 Å². The number of hydrogen-bond acceptors (Lipinski definition) is 6. The molecule has 0 N–H and O–H groups in total. The predicted molar refractivity (Wildman–Crippen MR) is 325 cm³/mol. The predicted octanol–water partition coefficient (Wildman–Crippen LogP) is 21.4. The number of allylic oxidation sites excluding steroid dienone is 18. The molecule has 0 fully saturated rings. The van der Waals surface area contributed by atoms with E-state index in [2.05, 4.69) is 130 Å². The maximum Gasteiger partial charge on any atom is 0.306 e. The molecule has 1 atom stereocenters. The standard InChI is InChI=1S/C69H116O6/c1-4-7-10-13-16-19-21-23-25-26-27-28-29-30-31-32-33-34-35-36-37-38-39-40-41-42-44-45-47-50-53-56-59-62-68(71)74-65-66(64-73-67(70)61-58-55-52-49-18-15-12-9-6-3)75-69(72)63-60-57-54-51-48-46-43-24-22-20-17-14-11-8-5-2/h7,10,16,19,23,25,27-28,30-31,33-34,36-37,39-40,42,44,66H,4-6,8-9,11-15,17-18,20-22,24,26,29,32,35,38,41,43,45-65H2,1-3H3/b10-7-,19-16-,25-23-,28-27-,31-30-,34-33-,37-36-,40-39-,44-42-. The van der Waals surface area contributed by atoms with Crippen LogP contribution in [0.5, 0.6) is 0 Å². The lowest BCUT2D eigenvalue weighted by Gasteiger charge is -2.18. The number of esters is 3. The lowest BCUT2D eigenvalue weighted by molar-refractivity contribution is -0.167. The van der Waals surface area contributed by atoms with Crippen molar-refractivity contribution >= 4 is 17.9 Å². The first kappa shape index (κ1) is 71.1. The summed E-state index contributed by atoms with van der Waals surface area (Å²) in [5.74, 6) is -0.896. The van der Waals surface area contributed by atoms with E-state index in [4.69, 9.17) is 14.2 Å². The molecule has 75 heavy (non-hydrogen) atoms. The summed E-state index contributed by atoms with van der Waals surface area (Å²) in [4.78, 5) is 38.1. The molecule has 0 rings (SSSR count). The van der Waals surface area contributed by atoms with Gasteiger partial charge in [0.15, 0.2) is 6.10 Å². The first-order valence-corrected chi connectivity index (χ1v) is 31.4. The van der Waals surface area contributed by atoms with Gasteiger partial charge in [0.05, 0.1) is 0 Å². The van der Waals surface area contributed by atoms with E-state index in [1.165, 1.54) is 116 Å². The zero-order valence-electron chi connectivity index (χ0n) is 49.0.